The standard InChI is InChI=1S/C22H27NO3/c24-15-18-12-19(16-25)14-23(13-18)22(26)11-8-17-6-9-21(10-7-17)20-4-2-1-3-5-20/h1-7,9-10,18-19,24-25H,8,11-16H2/t18-,19+. The third kappa shape index (κ3) is 4.71. The van der Waals surface area contributed by atoms with Crippen LogP contribution in [0.2, 0.25) is 0 Å². The maximum atomic E-state index is 12.5. The van der Waals surface area contributed by atoms with Crippen LogP contribution >= 0.6 is 0 Å². The third-order valence-corrected chi connectivity index (χ3v) is 5.18. The minimum atomic E-state index is 0.0707. The molecule has 2 aromatic rings. The average Bonchev–Trinajstić information content (AvgIpc) is 2.72. The Morgan fingerprint density at radius 3 is 2.04 bits per heavy atom. The smallest absolute Gasteiger partial charge is 0.222 e. The molecule has 4 nitrogen and oxygen atoms in total. The van der Waals surface area contributed by atoms with Gasteiger partial charge in [-0.15, -0.1) is 0 Å². The molecule has 1 aliphatic rings. The summed E-state index contributed by atoms with van der Waals surface area (Å²) in [7, 11) is 0. The molecule has 0 bridgehead atoms. The van der Waals surface area contributed by atoms with Crippen molar-refractivity contribution in [2.45, 2.75) is 19.3 Å². The molecule has 3 rings (SSSR count). The number of hydrogen-bond acceptors (Lipinski definition) is 3. The predicted molar refractivity (Wildman–Crippen MR) is 103 cm³/mol. The molecule has 2 atom stereocenters. The second-order valence-corrected chi connectivity index (χ2v) is 7.19. The lowest BCUT2D eigenvalue weighted by Crippen LogP contribution is -2.46. The van der Waals surface area contributed by atoms with Crippen molar-refractivity contribution in [3.63, 3.8) is 0 Å². The van der Waals surface area contributed by atoms with E-state index >= 15 is 0 Å². The SMILES string of the molecule is O=C(CCc1ccc(-c2ccccc2)cc1)N1C[C@H](CO)C[C@H](CO)C1. The second-order valence-electron chi connectivity index (χ2n) is 7.19. The van der Waals surface area contributed by atoms with E-state index < -0.39 is 0 Å². The van der Waals surface area contributed by atoms with Crippen LogP contribution < -0.4 is 0 Å². The van der Waals surface area contributed by atoms with Gasteiger partial charge in [-0.1, -0.05) is 54.6 Å². The molecule has 2 aromatic carbocycles. The molecule has 1 heterocycles. The zero-order chi connectivity index (χ0) is 18.4. The van der Waals surface area contributed by atoms with Gasteiger partial charge in [0, 0.05) is 44.6 Å². The first kappa shape index (κ1) is 18.6. The summed E-state index contributed by atoms with van der Waals surface area (Å²) in [6.45, 7) is 1.33. The Morgan fingerprint density at radius 2 is 1.46 bits per heavy atom. The van der Waals surface area contributed by atoms with Crippen molar-refractivity contribution in [2.24, 2.45) is 11.8 Å². The van der Waals surface area contributed by atoms with Gasteiger partial charge in [0.25, 0.3) is 0 Å². The monoisotopic (exact) mass is 353 g/mol. The van der Waals surface area contributed by atoms with E-state index in [4.69, 9.17) is 0 Å². The van der Waals surface area contributed by atoms with Crippen molar-refractivity contribution in [1.82, 2.24) is 4.90 Å². The van der Waals surface area contributed by atoms with Crippen LogP contribution in [0.15, 0.2) is 54.6 Å². The molecule has 0 radical (unpaired) electrons. The van der Waals surface area contributed by atoms with Crippen molar-refractivity contribution in [2.75, 3.05) is 26.3 Å². The lowest BCUT2D eigenvalue weighted by Gasteiger charge is -2.36. The van der Waals surface area contributed by atoms with Crippen LogP contribution in [0.3, 0.4) is 0 Å². The first-order valence-corrected chi connectivity index (χ1v) is 9.33. The van der Waals surface area contributed by atoms with Gasteiger partial charge in [0.15, 0.2) is 0 Å². The highest BCUT2D eigenvalue weighted by Gasteiger charge is 2.28. The summed E-state index contributed by atoms with van der Waals surface area (Å²) in [6.07, 6.45) is 1.96. The summed E-state index contributed by atoms with van der Waals surface area (Å²) in [5, 5.41) is 18.8. The molecular weight excluding hydrogens is 326 g/mol. The molecule has 138 valence electrons. The number of amides is 1. The van der Waals surface area contributed by atoms with E-state index in [1.165, 1.54) is 11.1 Å². The first-order chi connectivity index (χ1) is 12.7. The zero-order valence-corrected chi connectivity index (χ0v) is 15.1. The number of likely N-dealkylation sites (tertiary alicyclic amines) is 1. The lowest BCUT2D eigenvalue weighted by atomic mass is 9.90. The average molecular weight is 353 g/mol. The molecule has 1 aliphatic heterocycles. The Morgan fingerprint density at radius 1 is 0.885 bits per heavy atom. The fraction of sp³-hybridized carbons (Fsp3) is 0.409. The van der Waals surface area contributed by atoms with E-state index in [2.05, 4.69) is 36.4 Å². The summed E-state index contributed by atoms with van der Waals surface area (Å²) in [4.78, 5) is 14.4. The van der Waals surface area contributed by atoms with Crippen molar-refractivity contribution in [3.8, 4) is 11.1 Å². The second kappa shape index (κ2) is 8.97. The minimum absolute atomic E-state index is 0.0707. The largest absolute Gasteiger partial charge is 0.396 e. The van der Waals surface area contributed by atoms with E-state index in [9.17, 15) is 15.0 Å². The highest BCUT2D eigenvalue weighted by molar-refractivity contribution is 5.76. The summed E-state index contributed by atoms with van der Waals surface area (Å²) >= 11 is 0. The van der Waals surface area contributed by atoms with E-state index in [0.29, 0.717) is 25.9 Å². The number of hydrogen-bond donors (Lipinski definition) is 2. The molecule has 0 unspecified atom stereocenters. The van der Waals surface area contributed by atoms with Gasteiger partial charge in [0.05, 0.1) is 0 Å². The summed E-state index contributed by atoms with van der Waals surface area (Å²) in [5.74, 6) is 0.263. The molecule has 0 aliphatic carbocycles. The number of rotatable bonds is 6. The van der Waals surface area contributed by atoms with E-state index in [-0.39, 0.29) is 31.0 Å². The Kier molecular flexibility index (Phi) is 6.42. The quantitative estimate of drug-likeness (QED) is 0.839. The number of nitrogens with zero attached hydrogens (tertiary/aromatic N) is 1. The van der Waals surface area contributed by atoms with Gasteiger partial charge in [0.1, 0.15) is 0 Å². The number of benzene rings is 2. The highest BCUT2D eigenvalue weighted by Crippen LogP contribution is 2.23. The third-order valence-electron chi connectivity index (χ3n) is 5.18. The number of carbonyl (C=O) groups is 1. The van der Waals surface area contributed by atoms with Gasteiger partial charge in [-0.25, -0.2) is 0 Å². The number of aliphatic hydroxyl groups is 2. The Labute approximate surface area is 155 Å². The maximum absolute atomic E-state index is 12.5. The minimum Gasteiger partial charge on any atom is -0.396 e. The number of aliphatic hydroxyl groups excluding tert-OH is 2. The Hall–Kier alpha value is -2.17. The van der Waals surface area contributed by atoms with E-state index in [1.807, 2.05) is 23.1 Å². The number of aryl methyl sites for hydroxylation is 1. The number of piperidine rings is 1. The Bertz CT molecular complexity index is 687. The van der Waals surface area contributed by atoms with Crippen molar-refractivity contribution >= 4 is 5.91 Å². The molecule has 4 heteroatoms. The molecule has 1 amide bonds. The van der Waals surface area contributed by atoms with Crippen molar-refractivity contribution in [1.29, 1.82) is 0 Å². The van der Waals surface area contributed by atoms with E-state index in [0.717, 1.165) is 12.0 Å². The van der Waals surface area contributed by atoms with Gasteiger partial charge < -0.3 is 15.1 Å². The van der Waals surface area contributed by atoms with Crippen LogP contribution in [0.5, 0.6) is 0 Å². The fourth-order valence-corrected chi connectivity index (χ4v) is 3.69. The van der Waals surface area contributed by atoms with Gasteiger partial charge in [-0.05, 0) is 29.5 Å². The normalized spacial score (nSPS) is 20.2. The maximum Gasteiger partial charge on any atom is 0.222 e. The van der Waals surface area contributed by atoms with Gasteiger partial charge in [-0.2, -0.15) is 0 Å². The highest BCUT2D eigenvalue weighted by atomic mass is 16.3. The van der Waals surface area contributed by atoms with Crippen molar-refractivity contribution < 1.29 is 15.0 Å². The topological polar surface area (TPSA) is 60.8 Å². The summed E-state index contributed by atoms with van der Waals surface area (Å²) in [5.41, 5.74) is 3.51. The molecule has 0 spiro atoms. The first-order valence-electron chi connectivity index (χ1n) is 9.33. The van der Waals surface area contributed by atoms with Crippen molar-refractivity contribution in [3.05, 3.63) is 60.2 Å². The van der Waals surface area contributed by atoms with Crippen LogP contribution in [-0.2, 0) is 11.2 Å². The summed E-state index contributed by atoms with van der Waals surface area (Å²) < 4.78 is 0. The number of carbonyl (C=O) groups excluding carboxylic acids is 1. The molecular formula is C22H27NO3. The van der Waals surface area contributed by atoms with Crippen LogP contribution in [0.4, 0.5) is 0 Å². The molecule has 0 aromatic heterocycles. The molecule has 2 N–H and O–H groups in total. The summed E-state index contributed by atoms with van der Waals surface area (Å²) in [6, 6.07) is 18.6. The van der Waals surface area contributed by atoms with Crippen LogP contribution in [0, 0.1) is 11.8 Å². The fourth-order valence-electron chi connectivity index (χ4n) is 3.69. The zero-order valence-electron chi connectivity index (χ0n) is 15.1. The van der Waals surface area contributed by atoms with Crippen LogP contribution in [0.25, 0.3) is 11.1 Å². The molecule has 1 fully saturated rings. The van der Waals surface area contributed by atoms with Gasteiger partial charge in [0.2, 0.25) is 5.91 Å². The van der Waals surface area contributed by atoms with Crippen LogP contribution in [-0.4, -0.2) is 47.3 Å². The van der Waals surface area contributed by atoms with E-state index in [1.54, 1.807) is 0 Å². The molecule has 26 heavy (non-hydrogen) atoms. The molecule has 0 saturated carbocycles. The van der Waals surface area contributed by atoms with Gasteiger partial charge >= 0.3 is 0 Å². The van der Waals surface area contributed by atoms with Crippen LogP contribution in [0.1, 0.15) is 18.4 Å². The molecule has 1 saturated heterocycles. The lowest BCUT2D eigenvalue weighted by molar-refractivity contribution is -0.134. The Balaban J connectivity index is 1.55. The van der Waals surface area contributed by atoms with Gasteiger partial charge in [-0.3, -0.25) is 4.79 Å². The predicted octanol–water partition coefficient (Wildman–Crippen LogP) is 2.74.